The molecule has 5 nitrogen and oxygen atoms in total. The van der Waals surface area contributed by atoms with E-state index in [1.807, 2.05) is 0 Å². The first-order valence-electron chi connectivity index (χ1n) is 8.20. The van der Waals surface area contributed by atoms with Gasteiger partial charge in [-0.1, -0.05) is 27.2 Å². The molecule has 0 spiro atoms. The van der Waals surface area contributed by atoms with Crippen LogP contribution in [-0.4, -0.2) is 37.5 Å². The molecule has 1 saturated heterocycles. The van der Waals surface area contributed by atoms with Crippen LogP contribution < -0.4 is 16.0 Å². The first kappa shape index (κ1) is 18.0. The zero-order chi connectivity index (χ0) is 15.9. The molecule has 1 aliphatic heterocycles. The van der Waals surface area contributed by atoms with Crippen LogP contribution in [0.3, 0.4) is 0 Å². The van der Waals surface area contributed by atoms with E-state index in [2.05, 4.69) is 36.7 Å². The van der Waals surface area contributed by atoms with E-state index < -0.39 is 6.04 Å². The van der Waals surface area contributed by atoms with Gasteiger partial charge in [-0.15, -0.1) is 0 Å². The lowest BCUT2D eigenvalue weighted by atomic mass is 9.74. The largest absolute Gasteiger partial charge is 0.354 e. The van der Waals surface area contributed by atoms with Crippen LogP contribution in [-0.2, 0) is 9.59 Å². The van der Waals surface area contributed by atoms with Crippen LogP contribution in [0.2, 0.25) is 0 Å². The molecule has 1 rings (SSSR count). The average molecular weight is 297 g/mol. The van der Waals surface area contributed by atoms with Crippen molar-refractivity contribution < 1.29 is 9.59 Å². The van der Waals surface area contributed by atoms with E-state index in [0.717, 1.165) is 38.8 Å². The van der Waals surface area contributed by atoms with Crippen molar-refractivity contribution in [2.45, 2.75) is 59.4 Å². The number of rotatable bonds is 7. The lowest BCUT2D eigenvalue weighted by molar-refractivity contribution is -0.136. The summed E-state index contributed by atoms with van der Waals surface area (Å²) in [5.74, 6) is 0.350. The van der Waals surface area contributed by atoms with Crippen molar-refractivity contribution in [1.29, 1.82) is 0 Å². The van der Waals surface area contributed by atoms with Gasteiger partial charge in [-0.2, -0.15) is 0 Å². The van der Waals surface area contributed by atoms with Crippen LogP contribution in [0.25, 0.3) is 0 Å². The quantitative estimate of drug-likeness (QED) is 0.666. The van der Waals surface area contributed by atoms with E-state index in [1.54, 1.807) is 6.92 Å². The van der Waals surface area contributed by atoms with Crippen molar-refractivity contribution in [3.63, 3.8) is 0 Å². The topological polar surface area (TPSA) is 70.2 Å². The van der Waals surface area contributed by atoms with Crippen molar-refractivity contribution in [3.05, 3.63) is 0 Å². The van der Waals surface area contributed by atoms with Crippen molar-refractivity contribution in [1.82, 2.24) is 16.0 Å². The minimum atomic E-state index is -0.472. The maximum absolute atomic E-state index is 12.6. The number of hydrogen-bond acceptors (Lipinski definition) is 3. The van der Waals surface area contributed by atoms with Gasteiger partial charge in [0.2, 0.25) is 11.8 Å². The number of nitrogens with one attached hydrogen (secondary N) is 3. The number of hydrogen-bond donors (Lipinski definition) is 3. The van der Waals surface area contributed by atoms with E-state index in [4.69, 9.17) is 0 Å². The fourth-order valence-corrected chi connectivity index (χ4v) is 2.85. The molecule has 1 unspecified atom stereocenters. The normalized spacial score (nSPS) is 19.1. The van der Waals surface area contributed by atoms with Gasteiger partial charge in [0.05, 0.1) is 5.41 Å². The first-order chi connectivity index (χ1) is 9.91. The Hall–Kier alpha value is -1.10. The van der Waals surface area contributed by atoms with E-state index in [-0.39, 0.29) is 17.2 Å². The van der Waals surface area contributed by atoms with Gasteiger partial charge in [0.1, 0.15) is 6.04 Å². The monoisotopic (exact) mass is 297 g/mol. The molecule has 2 amide bonds. The number of carbonyl (C=O) groups is 2. The number of carbonyl (C=O) groups excluding carboxylic acids is 2. The molecule has 0 radical (unpaired) electrons. The van der Waals surface area contributed by atoms with Gasteiger partial charge in [-0.05, 0) is 45.2 Å². The van der Waals surface area contributed by atoms with Crippen molar-refractivity contribution in [3.8, 4) is 0 Å². The SMILES string of the molecule is CCCC1(C(=O)NC(C)C(=O)NCC(C)C)CCNCC1. The molecule has 1 atom stereocenters. The highest BCUT2D eigenvalue weighted by atomic mass is 16.2. The highest BCUT2D eigenvalue weighted by molar-refractivity contribution is 5.89. The Kier molecular flexibility index (Phi) is 7.15. The van der Waals surface area contributed by atoms with Crippen LogP contribution in [0.15, 0.2) is 0 Å². The smallest absolute Gasteiger partial charge is 0.242 e. The minimum Gasteiger partial charge on any atom is -0.354 e. The molecule has 0 saturated carbocycles. The van der Waals surface area contributed by atoms with Gasteiger partial charge in [0, 0.05) is 6.54 Å². The van der Waals surface area contributed by atoms with Gasteiger partial charge in [0.25, 0.3) is 0 Å². The summed E-state index contributed by atoms with van der Waals surface area (Å²) in [4.78, 5) is 24.6. The Balaban J connectivity index is 2.58. The predicted molar refractivity (Wildman–Crippen MR) is 84.9 cm³/mol. The van der Waals surface area contributed by atoms with Crippen LogP contribution in [0.1, 0.15) is 53.4 Å². The molecule has 0 aromatic heterocycles. The molecule has 0 bridgehead atoms. The van der Waals surface area contributed by atoms with Crippen LogP contribution in [0, 0.1) is 11.3 Å². The average Bonchev–Trinajstić information content (AvgIpc) is 2.45. The molecule has 3 N–H and O–H groups in total. The molecular weight excluding hydrogens is 266 g/mol. The lowest BCUT2D eigenvalue weighted by Gasteiger charge is -2.36. The summed E-state index contributed by atoms with van der Waals surface area (Å²) in [5, 5.41) is 9.09. The van der Waals surface area contributed by atoms with Gasteiger partial charge in [-0.3, -0.25) is 9.59 Å². The molecule has 0 aliphatic carbocycles. The summed E-state index contributed by atoms with van der Waals surface area (Å²) >= 11 is 0. The molecule has 1 heterocycles. The number of amides is 2. The predicted octanol–water partition coefficient (Wildman–Crippen LogP) is 1.43. The molecule has 1 aliphatic rings. The lowest BCUT2D eigenvalue weighted by Crippen LogP contribution is -2.53. The van der Waals surface area contributed by atoms with Crippen molar-refractivity contribution >= 4 is 11.8 Å². The summed E-state index contributed by atoms with van der Waals surface area (Å²) < 4.78 is 0. The Morgan fingerprint density at radius 1 is 1.19 bits per heavy atom. The highest BCUT2D eigenvalue weighted by Crippen LogP contribution is 2.34. The van der Waals surface area contributed by atoms with Crippen molar-refractivity contribution in [2.75, 3.05) is 19.6 Å². The fraction of sp³-hybridized carbons (Fsp3) is 0.875. The first-order valence-corrected chi connectivity index (χ1v) is 8.20. The van der Waals surface area contributed by atoms with Crippen LogP contribution in [0.4, 0.5) is 0 Å². The highest BCUT2D eigenvalue weighted by Gasteiger charge is 2.39. The minimum absolute atomic E-state index is 0.0399. The summed E-state index contributed by atoms with van der Waals surface area (Å²) in [5.41, 5.74) is -0.299. The van der Waals surface area contributed by atoms with Gasteiger partial charge in [0.15, 0.2) is 0 Å². The maximum atomic E-state index is 12.6. The summed E-state index contributed by atoms with van der Waals surface area (Å²) in [7, 11) is 0. The molecule has 5 heteroatoms. The second-order valence-electron chi connectivity index (χ2n) is 6.61. The Morgan fingerprint density at radius 2 is 1.81 bits per heavy atom. The van der Waals surface area contributed by atoms with Crippen molar-refractivity contribution in [2.24, 2.45) is 11.3 Å². The van der Waals surface area contributed by atoms with Crippen LogP contribution in [0.5, 0.6) is 0 Å². The molecule has 0 aromatic carbocycles. The second-order valence-corrected chi connectivity index (χ2v) is 6.61. The zero-order valence-corrected chi connectivity index (χ0v) is 13.9. The molecule has 1 fully saturated rings. The molecule has 122 valence electrons. The van der Waals surface area contributed by atoms with Gasteiger partial charge >= 0.3 is 0 Å². The Labute approximate surface area is 128 Å². The number of piperidine rings is 1. The van der Waals surface area contributed by atoms with E-state index in [0.29, 0.717) is 12.5 Å². The van der Waals surface area contributed by atoms with E-state index in [1.165, 1.54) is 0 Å². The second kappa shape index (κ2) is 8.37. The third kappa shape index (κ3) is 5.30. The third-order valence-electron chi connectivity index (χ3n) is 4.20. The Bertz CT molecular complexity index is 344. The summed E-state index contributed by atoms with van der Waals surface area (Å²) in [6.07, 6.45) is 3.59. The molecule has 0 aromatic rings. The standard InChI is InChI=1S/C16H31N3O2/c1-5-6-16(7-9-17-10-8-16)15(21)19-13(4)14(20)18-11-12(2)3/h12-13,17H,5-11H2,1-4H3,(H,18,20)(H,19,21). The van der Waals surface area contributed by atoms with Gasteiger partial charge < -0.3 is 16.0 Å². The summed E-state index contributed by atoms with van der Waals surface area (Å²) in [6.45, 7) is 10.4. The fourth-order valence-electron chi connectivity index (χ4n) is 2.85. The maximum Gasteiger partial charge on any atom is 0.242 e. The van der Waals surface area contributed by atoms with Gasteiger partial charge in [-0.25, -0.2) is 0 Å². The molecular formula is C16H31N3O2. The zero-order valence-electron chi connectivity index (χ0n) is 13.9. The van der Waals surface area contributed by atoms with Crippen LogP contribution >= 0.6 is 0 Å². The molecule has 21 heavy (non-hydrogen) atoms. The third-order valence-corrected chi connectivity index (χ3v) is 4.20. The van der Waals surface area contributed by atoms with E-state index >= 15 is 0 Å². The summed E-state index contributed by atoms with van der Waals surface area (Å²) in [6, 6.07) is -0.472. The Morgan fingerprint density at radius 3 is 2.33 bits per heavy atom. The van der Waals surface area contributed by atoms with E-state index in [9.17, 15) is 9.59 Å².